The van der Waals surface area contributed by atoms with Crippen LogP contribution in [0.4, 0.5) is 0 Å². The van der Waals surface area contributed by atoms with Crippen molar-refractivity contribution in [2.45, 2.75) is 39.4 Å². The SMILES string of the molecule is COC(=O)[C@@H](OC(C)(C)C)c1c(C)nc2[nH]ncc2c1I. The molecule has 0 bridgehead atoms. The lowest BCUT2D eigenvalue weighted by Crippen LogP contribution is -2.29. The van der Waals surface area contributed by atoms with Crippen LogP contribution in [0.2, 0.25) is 0 Å². The van der Waals surface area contributed by atoms with Gasteiger partial charge in [-0.3, -0.25) is 5.10 Å². The van der Waals surface area contributed by atoms with E-state index in [0.717, 1.165) is 20.2 Å². The number of H-pyrrole nitrogens is 1. The summed E-state index contributed by atoms with van der Waals surface area (Å²) in [6.45, 7) is 7.54. The predicted octanol–water partition coefficient (Wildman–Crippen LogP) is 2.90. The van der Waals surface area contributed by atoms with Gasteiger partial charge in [-0.1, -0.05) is 0 Å². The second kappa shape index (κ2) is 5.88. The molecule has 0 saturated heterocycles. The fourth-order valence-electron chi connectivity index (χ4n) is 2.05. The third-order valence-electron chi connectivity index (χ3n) is 2.91. The van der Waals surface area contributed by atoms with Crippen molar-refractivity contribution in [2.24, 2.45) is 0 Å². The average molecular weight is 403 g/mol. The number of carbonyl (C=O) groups is 1. The molecule has 2 aromatic rings. The molecule has 1 atom stereocenters. The molecule has 0 aliphatic heterocycles. The van der Waals surface area contributed by atoms with Crippen molar-refractivity contribution in [1.29, 1.82) is 0 Å². The summed E-state index contributed by atoms with van der Waals surface area (Å²) >= 11 is 2.19. The number of hydrogen-bond acceptors (Lipinski definition) is 5. The predicted molar refractivity (Wildman–Crippen MR) is 86.9 cm³/mol. The molecular formula is C14H18IN3O3. The Morgan fingerprint density at radius 2 is 2.10 bits per heavy atom. The highest BCUT2D eigenvalue weighted by molar-refractivity contribution is 14.1. The van der Waals surface area contributed by atoms with E-state index in [1.165, 1.54) is 7.11 Å². The standard InChI is InChI=1S/C14H18IN3O3/c1-7-9(10(15)8-6-16-18-12(8)17-7)11(13(19)20-5)21-14(2,3)4/h6,11H,1-5H3,(H,16,17,18)/t11-/m0/s1. The molecule has 0 aromatic carbocycles. The normalized spacial score (nSPS) is 13.4. The number of methoxy groups -OCH3 is 1. The molecule has 6 nitrogen and oxygen atoms in total. The number of aromatic amines is 1. The van der Waals surface area contributed by atoms with Gasteiger partial charge in [0.15, 0.2) is 11.8 Å². The van der Waals surface area contributed by atoms with Crippen molar-refractivity contribution in [1.82, 2.24) is 15.2 Å². The van der Waals surface area contributed by atoms with Gasteiger partial charge in [-0.25, -0.2) is 9.78 Å². The number of hydrogen-bond donors (Lipinski definition) is 1. The monoisotopic (exact) mass is 403 g/mol. The van der Waals surface area contributed by atoms with Crippen LogP contribution in [0.1, 0.15) is 38.1 Å². The van der Waals surface area contributed by atoms with E-state index >= 15 is 0 Å². The van der Waals surface area contributed by atoms with Crippen LogP contribution < -0.4 is 0 Å². The van der Waals surface area contributed by atoms with Crippen molar-refractivity contribution in [3.8, 4) is 0 Å². The molecule has 21 heavy (non-hydrogen) atoms. The summed E-state index contributed by atoms with van der Waals surface area (Å²) in [7, 11) is 1.35. The molecule has 7 heteroatoms. The zero-order chi connectivity index (χ0) is 15.8. The Morgan fingerprint density at radius 1 is 1.43 bits per heavy atom. The van der Waals surface area contributed by atoms with Gasteiger partial charge in [0, 0.05) is 14.8 Å². The summed E-state index contributed by atoms with van der Waals surface area (Å²) < 4.78 is 11.7. The summed E-state index contributed by atoms with van der Waals surface area (Å²) in [5, 5.41) is 7.69. The third-order valence-corrected chi connectivity index (χ3v) is 4.07. The van der Waals surface area contributed by atoms with E-state index in [1.807, 2.05) is 27.7 Å². The van der Waals surface area contributed by atoms with E-state index < -0.39 is 17.7 Å². The quantitative estimate of drug-likeness (QED) is 0.630. The minimum absolute atomic E-state index is 0.435. The number of pyridine rings is 1. The fourth-order valence-corrected chi connectivity index (χ4v) is 3.12. The zero-order valence-electron chi connectivity index (χ0n) is 12.7. The largest absolute Gasteiger partial charge is 0.467 e. The van der Waals surface area contributed by atoms with Crippen LogP contribution in [0.5, 0.6) is 0 Å². The topological polar surface area (TPSA) is 77.1 Å². The molecule has 0 aliphatic carbocycles. The minimum atomic E-state index is -0.811. The van der Waals surface area contributed by atoms with Crippen molar-refractivity contribution < 1.29 is 14.3 Å². The number of rotatable bonds is 3. The van der Waals surface area contributed by atoms with Crippen molar-refractivity contribution in [2.75, 3.05) is 7.11 Å². The van der Waals surface area contributed by atoms with Gasteiger partial charge in [0.05, 0.1) is 24.3 Å². The lowest BCUT2D eigenvalue weighted by atomic mass is 10.0. The highest BCUT2D eigenvalue weighted by atomic mass is 127. The highest BCUT2D eigenvalue weighted by Crippen LogP contribution is 2.33. The second-order valence-electron chi connectivity index (χ2n) is 5.69. The lowest BCUT2D eigenvalue weighted by molar-refractivity contribution is -0.164. The summed E-state index contributed by atoms with van der Waals surface area (Å²) in [5.41, 5.74) is 1.65. The first-order chi connectivity index (χ1) is 9.74. The maximum atomic E-state index is 12.2. The van der Waals surface area contributed by atoms with Gasteiger partial charge >= 0.3 is 5.97 Å². The third kappa shape index (κ3) is 3.34. The Labute approximate surface area is 136 Å². The lowest BCUT2D eigenvalue weighted by Gasteiger charge is -2.27. The molecule has 0 amide bonds. The summed E-state index contributed by atoms with van der Waals surface area (Å²) in [5.74, 6) is -0.435. The molecule has 114 valence electrons. The number of esters is 1. The molecule has 0 fully saturated rings. The van der Waals surface area contributed by atoms with Gasteiger partial charge in [0.1, 0.15) is 0 Å². The summed E-state index contributed by atoms with van der Waals surface area (Å²) in [4.78, 5) is 16.6. The van der Waals surface area contributed by atoms with Crippen LogP contribution >= 0.6 is 22.6 Å². The van der Waals surface area contributed by atoms with E-state index in [0.29, 0.717) is 5.65 Å². The minimum Gasteiger partial charge on any atom is -0.467 e. The number of ether oxygens (including phenoxy) is 2. The number of halogens is 1. The van der Waals surface area contributed by atoms with Crippen LogP contribution in [-0.4, -0.2) is 33.9 Å². The summed E-state index contributed by atoms with van der Waals surface area (Å²) in [6, 6.07) is 0. The molecule has 0 aliphatic rings. The van der Waals surface area contributed by atoms with Crippen molar-refractivity contribution >= 4 is 39.6 Å². The Balaban J connectivity index is 2.61. The van der Waals surface area contributed by atoms with E-state index in [2.05, 4.69) is 37.8 Å². The van der Waals surface area contributed by atoms with Crippen LogP contribution in [0.3, 0.4) is 0 Å². The molecule has 1 N–H and O–H groups in total. The molecule has 0 radical (unpaired) electrons. The van der Waals surface area contributed by atoms with E-state index in [1.54, 1.807) is 6.20 Å². The highest BCUT2D eigenvalue weighted by Gasteiger charge is 2.32. The number of nitrogens with zero attached hydrogens (tertiary/aromatic N) is 2. The van der Waals surface area contributed by atoms with Gasteiger partial charge in [0.25, 0.3) is 0 Å². The van der Waals surface area contributed by atoms with Gasteiger partial charge in [0.2, 0.25) is 0 Å². The van der Waals surface area contributed by atoms with Crippen LogP contribution in [0, 0.1) is 10.5 Å². The smallest absolute Gasteiger partial charge is 0.339 e. The molecule has 2 aromatic heterocycles. The van der Waals surface area contributed by atoms with Crippen LogP contribution in [0.25, 0.3) is 11.0 Å². The first-order valence-electron chi connectivity index (χ1n) is 6.49. The Hall–Kier alpha value is -1.22. The molecule has 0 saturated carbocycles. The van der Waals surface area contributed by atoms with Crippen LogP contribution in [0.15, 0.2) is 6.20 Å². The van der Waals surface area contributed by atoms with Gasteiger partial charge in [-0.2, -0.15) is 5.10 Å². The Morgan fingerprint density at radius 3 is 2.67 bits per heavy atom. The van der Waals surface area contributed by atoms with Crippen molar-refractivity contribution in [3.63, 3.8) is 0 Å². The average Bonchev–Trinajstić information content (AvgIpc) is 2.83. The van der Waals surface area contributed by atoms with Crippen molar-refractivity contribution in [3.05, 3.63) is 21.0 Å². The van der Waals surface area contributed by atoms with E-state index in [-0.39, 0.29) is 0 Å². The van der Waals surface area contributed by atoms with E-state index in [9.17, 15) is 4.79 Å². The van der Waals surface area contributed by atoms with E-state index in [4.69, 9.17) is 9.47 Å². The number of carbonyl (C=O) groups excluding carboxylic acids is 1. The summed E-state index contributed by atoms with van der Waals surface area (Å²) in [6.07, 6.45) is 0.882. The molecule has 2 heterocycles. The maximum Gasteiger partial charge on any atom is 0.339 e. The second-order valence-corrected chi connectivity index (χ2v) is 6.77. The maximum absolute atomic E-state index is 12.2. The number of aryl methyl sites for hydroxylation is 1. The molecular weight excluding hydrogens is 385 g/mol. The van der Waals surface area contributed by atoms with Gasteiger partial charge in [-0.05, 0) is 50.3 Å². The van der Waals surface area contributed by atoms with Crippen LogP contribution in [-0.2, 0) is 14.3 Å². The zero-order valence-corrected chi connectivity index (χ0v) is 14.8. The van der Waals surface area contributed by atoms with Gasteiger partial charge in [-0.15, -0.1) is 0 Å². The molecule has 0 spiro atoms. The Bertz CT molecular complexity index is 676. The molecule has 2 rings (SSSR count). The molecule has 0 unspecified atom stereocenters. The van der Waals surface area contributed by atoms with Gasteiger partial charge < -0.3 is 9.47 Å². The Kier molecular flexibility index (Phi) is 4.52. The fraction of sp³-hybridized carbons (Fsp3) is 0.500. The number of fused-ring (bicyclic) bond motifs is 1. The number of nitrogens with one attached hydrogen (secondary N) is 1. The number of aromatic nitrogens is 3. The first kappa shape index (κ1) is 16.2. The first-order valence-corrected chi connectivity index (χ1v) is 7.57.